The lowest BCUT2D eigenvalue weighted by Crippen LogP contribution is -2.41. The summed E-state index contributed by atoms with van der Waals surface area (Å²) in [4.78, 5) is 25.5. The van der Waals surface area contributed by atoms with Crippen molar-refractivity contribution in [2.75, 3.05) is 23.6 Å². The van der Waals surface area contributed by atoms with Crippen molar-refractivity contribution in [2.45, 2.75) is 25.7 Å². The first-order chi connectivity index (χ1) is 18.4. The molecule has 0 spiro atoms. The van der Waals surface area contributed by atoms with E-state index in [0.29, 0.717) is 37.2 Å². The second kappa shape index (κ2) is 11.4. The predicted molar refractivity (Wildman–Crippen MR) is 138 cm³/mol. The van der Waals surface area contributed by atoms with E-state index in [4.69, 9.17) is 5.11 Å². The molecule has 9 nitrogen and oxygen atoms in total. The normalized spacial score (nSPS) is 15.1. The van der Waals surface area contributed by atoms with E-state index in [1.165, 1.54) is 24.3 Å². The van der Waals surface area contributed by atoms with E-state index in [1.807, 2.05) is 0 Å². The number of anilines is 1. The monoisotopic (exact) mass is 565 g/mol. The summed E-state index contributed by atoms with van der Waals surface area (Å²) in [6.07, 6.45) is 0.648. The quantitative estimate of drug-likeness (QED) is 0.399. The molecule has 3 aromatic rings. The number of aliphatic carboxylic acids is 1. The van der Waals surface area contributed by atoms with E-state index in [9.17, 15) is 31.2 Å². The summed E-state index contributed by atoms with van der Waals surface area (Å²) in [6.45, 7) is 0.876. The van der Waals surface area contributed by atoms with Crippen LogP contribution in [0.15, 0.2) is 60.8 Å². The number of sulfonamides is 1. The molecule has 0 aliphatic carbocycles. The first-order valence-electron chi connectivity index (χ1n) is 12.0. The van der Waals surface area contributed by atoms with Gasteiger partial charge in [0.15, 0.2) is 0 Å². The highest BCUT2D eigenvalue weighted by molar-refractivity contribution is 7.92. The van der Waals surface area contributed by atoms with Gasteiger partial charge in [-0.05, 0) is 54.8 Å². The second-order valence-electron chi connectivity index (χ2n) is 9.11. The molecular weight excluding hydrogens is 539 g/mol. The molecule has 0 unspecified atom stereocenters. The molecule has 2 aromatic carbocycles. The van der Waals surface area contributed by atoms with Gasteiger partial charge in [0.05, 0.1) is 11.7 Å². The van der Waals surface area contributed by atoms with Crippen molar-refractivity contribution in [3.63, 3.8) is 0 Å². The third kappa shape index (κ3) is 7.76. The van der Waals surface area contributed by atoms with Gasteiger partial charge in [-0.2, -0.15) is 0 Å². The van der Waals surface area contributed by atoms with Gasteiger partial charge in [-0.15, -0.1) is 13.2 Å². The number of carboxylic acid groups (broad SMARTS) is 1. The van der Waals surface area contributed by atoms with Gasteiger partial charge in [-0.25, -0.2) is 8.42 Å². The van der Waals surface area contributed by atoms with Crippen LogP contribution in [-0.2, 0) is 26.2 Å². The van der Waals surface area contributed by atoms with Gasteiger partial charge >= 0.3 is 12.3 Å². The Hall–Kier alpha value is -4.00. The molecule has 1 aliphatic heterocycles. The van der Waals surface area contributed by atoms with Crippen molar-refractivity contribution in [3.8, 4) is 5.75 Å². The molecule has 1 aromatic heterocycles. The Morgan fingerprint density at radius 2 is 1.77 bits per heavy atom. The van der Waals surface area contributed by atoms with Crippen LogP contribution in [0, 0.1) is 5.92 Å². The van der Waals surface area contributed by atoms with Gasteiger partial charge in [0, 0.05) is 35.9 Å². The topological polar surface area (TPSA) is 118 Å². The highest BCUT2D eigenvalue weighted by Crippen LogP contribution is 2.24. The lowest BCUT2D eigenvalue weighted by molar-refractivity contribution is -0.274. The Bertz CT molecular complexity index is 1470. The number of likely N-dealkylation sites (tertiary alicyclic amines) is 1. The van der Waals surface area contributed by atoms with Gasteiger partial charge in [0.2, 0.25) is 15.9 Å². The zero-order valence-electron chi connectivity index (χ0n) is 20.6. The van der Waals surface area contributed by atoms with Crippen LogP contribution in [0.2, 0.25) is 0 Å². The minimum absolute atomic E-state index is 0.0837. The number of carbonyl (C=O) groups is 2. The summed E-state index contributed by atoms with van der Waals surface area (Å²) in [5.74, 6) is -2.11. The van der Waals surface area contributed by atoms with Crippen molar-refractivity contribution in [2.24, 2.45) is 5.92 Å². The zero-order chi connectivity index (χ0) is 28.2. The fraction of sp³-hybridized carbons (Fsp3) is 0.308. The number of alkyl halides is 3. The Balaban J connectivity index is 1.33. The van der Waals surface area contributed by atoms with Crippen molar-refractivity contribution in [1.82, 2.24) is 9.47 Å². The number of nitrogens with one attached hydrogen (secondary N) is 1. The average Bonchev–Trinajstić information content (AvgIpc) is 3.25. The number of hydrogen-bond acceptors (Lipinski definition) is 5. The molecule has 0 saturated carbocycles. The number of carbonyl (C=O) groups excluding carboxylic acids is 1. The lowest BCUT2D eigenvalue weighted by Gasteiger charge is -2.30. The summed E-state index contributed by atoms with van der Waals surface area (Å²) in [7, 11) is -3.76. The molecule has 208 valence electrons. The van der Waals surface area contributed by atoms with E-state index in [-0.39, 0.29) is 24.0 Å². The summed E-state index contributed by atoms with van der Waals surface area (Å²) < 4.78 is 69.9. The fourth-order valence-electron chi connectivity index (χ4n) is 4.34. The third-order valence-corrected chi connectivity index (χ3v) is 7.46. The first-order valence-corrected chi connectivity index (χ1v) is 13.7. The SMILES string of the molecule is O=C(O)C1CCN(C(=O)Cn2ccc3cc(NS(=O)(=O)CC=Cc4ccc(OC(F)(F)F)cc4)ccc32)CC1. The highest BCUT2D eigenvalue weighted by atomic mass is 32.2. The molecule has 0 bridgehead atoms. The molecule has 2 heterocycles. The van der Waals surface area contributed by atoms with Crippen molar-refractivity contribution < 1.29 is 41.0 Å². The van der Waals surface area contributed by atoms with E-state index < -0.39 is 28.3 Å². The molecule has 0 radical (unpaired) electrons. The summed E-state index contributed by atoms with van der Waals surface area (Å²) in [5, 5.41) is 9.85. The molecule has 2 N–H and O–H groups in total. The number of amides is 1. The number of aromatic nitrogens is 1. The summed E-state index contributed by atoms with van der Waals surface area (Å²) in [6, 6.07) is 11.7. The minimum Gasteiger partial charge on any atom is -0.481 e. The Morgan fingerprint density at radius 3 is 2.41 bits per heavy atom. The van der Waals surface area contributed by atoms with Crippen LogP contribution in [0.3, 0.4) is 0 Å². The van der Waals surface area contributed by atoms with Crippen molar-refractivity contribution in [3.05, 3.63) is 66.4 Å². The number of halogens is 3. The van der Waals surface area contributed by atoms with Gasteiger partial charge in [0.25, 0.3) is 0 Å². The zero-order valence-corrected chi connectivity index (χ0v) is 21.4. The number of hydrogen-bond donors (Lipinski definition) is 2. The standard InChI is InChI=1S/C26H26F3N3O6S/c27-26(28,29)38-22-6-3-18(4-7-22)2-1-15-39(36,37)30-21-5-8-23-20(16-21)11-14-32(23)17-24(33)31-12-9-19(10-13-31)25(34)35/h1-8,11,14,16,19,30H,9-10,12-13,15,17H2,(H,34,35). The molecule has 4 rings (SSSR count). The van der Waals surface area contributed by atoms with Crippen LogP contribution in [0.25, 0.3) is 17.0 Å². The molecule has 1 aliphatic rings. The van der Waals surface area contributed by atoms with Crippen molar-refractivity contribution >= 4 is 44.6 Å². The van der Waals surface area contributed by atoms with Gasteiger partial charge in [-0.3, -0.25) is 14.3 Å². The maximum Gasteiger partial charge on any atom is 0.573 e. The number of piperidine rings is 1. The molecule has 1 saturated heterocycles. The van der Waals surface area contributed by atoms with Crippen LogP contribution >= 0.6 is 0 Å². The van der Waals surface area contributed by atoms with E-state index >= 15 is 0 Å². The largest absolute Gasteiger partial charge is 0.573 e. The maximum absolute atomic E-state index is 12.7. The van der Waals surface area contributed by atoms with Gasteiger partial charge < -0.3 is 19.3 Å². The molecule has 13 heteroatoms. The van der Waals surface area contributed by atoms with E-state index in [1.54, 1.807) is 39.9 Å². The van der Waals surface area contributed by atoms with Crippen LogP contribution in [0.4, 0.5) is 18.9 Å². The number of ether oxygens (including phenoxy) is 1. The fourth-order valence-corrected chi connectivity index (χ4v) is 5.25. The number of nitrogens with zero attached hydrogens (tertiary/aromatic N) is 2. The second-order valence-corrected chi connectivity index (χ2v) is 10.9. The van der Waals surface area contributed by atoms with Crippen LogP contribution in [0.1, 0.15) is 18.4 Å². The number of fused-ring (bicyclic) bond motifs is 1. The number of rotatable bonds is 9. The van der Waals surface area contributed by atoms with Crippen LogP contribution in [0.5, 0.6) is 5.75 Å². The van der Waals surface area contributed by atoms with Crippen LogP contribution < -0.4 is 9.46 Å². The third-order valence-electron chi connectivity index (χ3n) is 6.29. The minimum atomic E-state index is -4.79. The molecule has 39 heavy (non-hydrogen) atoms. The molecule has 1 amide bonds. The van der Waals surface area contributed by atoms with Gasteiger partial charge in [0.1, 0.15) is 12.3 Å². The smallest absolute Gasteiger partial charge is 0.481 e. The lowest BCUT2D eigenvalue weighted by atomic mass is 9.97. The first kappa shape index (κ1) is 28.0. The van der Waals surface area contributed by atoms with E-state index in [2.05, 4.69) is 9.46 Å². The molecule has 0 atom stereocenters. The Kier molecular flexibility index (Phi) is 8.19. The van der Waals surface area contributed by atoms with Crippen molar-refractivity contribution in [1.29, 1.82) is 0 Å². The Labute approximate surface area is 222 Å². The summed E-state index contributed by atoms with van der Waals surface area (Å²) >= 11 is 0. The van der Waals surface area contributed by atoms with E-state index in [0.717, 1.165) is 23.0 Å². The number of carboxylic acids is 1. The molecular formula is C26H26F3N3O6S. The van der Waals surface area contributed by atoms with Crippen LogP contribution in [-0.4, -0.2) is 60.1 Å². The molecule has 1 fully saturated rings. The summed E-state index contributed by atoms with van der Waals surface area (Å²) in [5.41, 5.74) is 1.58. The Morgan fingerprint density at radius 1 is 1.08 bits per heavy atom. The average molecular weight is 566 g/mol. The maximum atomic E-state index is 12.7. The predicted octanol–water partition coefficient (Wildman–Crippen LogP) is 4.32. The van der Waals surface area contributed by atoms with Gasteiger partial charge in [-0.1, -0.05) is 24.3 Å². The highest BCUT2D eigenvalue weighted by Gasteiger charge is 2.31. The number of benzene rings is 2.